The van der Waals surface area contributed by atoms with Crippen molar-refractivity contribution in [2.45, 2.75) is 19.4 Å². The number of hydrogen-bond donors (Lipinski definition) is 1. The second-order valence-electron chi connectivity index (χ2n) is 4.78. The molecule has 3 rings (SSSR count). The smallest absolute Gasteiger partial charge is 0.269 e. The van der Waals surface area contributed by atoms with Gasteiger partial charge >= 0.3 is 0 Å². The zero-order chi connectivity index (χ0) is 14.1. The molecule has 1 aromatic carbocycles. The van der Waals surface area contributed by atoms with E-state index in [4.69, 9.17) is 0 Å². The van der Waals surface area contributed by atoms with E-state index in [1.165, 1.54) is 16.8 Å². The summed E-state index contributed by atoms with van der Waals surface area (Å²) < 4.78 is 27.3. The average molecular weight is 277 g/mol. The maximum atomic E-state index is 13.2. The lowest BCUT2D eigenvalue weighted by atomic mass is 10.1. The highest BCUT2D eigenvalue weighted by molar-refractivity contribution is 5.48. The molecule has 0 bridgehead atoms. The van der Waals surface area contributed by atoms with Crippen molar-refractivity contribution in [1.29, 1.82) is 0 Å². The lowest BCUT2D eigenvalue weighted by Crippen LogP contribution is -2.27. The molecule has 1 N–H and O–H groups in total. The first-order valence-corrected chi connectivity index (χ1v) is 6.42. The van der Waals surface area contributed by atoms with Crippen LogP contribution in [0.3, 0.4) is 0 Å². The molecule has 0 spiro atoms. The summed E-state index contributed by atoms with van der Waals surface area (Å²) in [5.41, 5.74) is 1.84. The molecule has 4 nitrogen and oxygen atoms in total. The number of aryl methyl sites for hydroxylation is 1. The molecule has 0 amide bonds. The van der Waals surface area contributed by atoms with Gasteiger partial charge in [0.25, 0.3) is 5.56 Å². The quantitative estimate of drug-likeness (QED) is 0.912. The molecule has 1 aliphatic rings. The highest BCUT2D eigenvalue weighted by Gasteiger charge is 2.13. The molecule has 0 unspecified atom stereocenters. The first-order valence-electron chi connectivity index (χ1n) is 6.42. The van der Waals surface area contributed by atoms with Gasteiger partial charge in [-0.1, -0.05) is 6.07 Å². The molecule has 2 aromatic rings. The molecule has 2 heterocycles. The van der Waals surface area contributed by atoms with Crippen LogP contribution in [0.2, 0.25) is 0 Å². The zero-order valence-electron chi connectivity index (χ0n) is 10.7. The predicted octanol–water partition coefficient (Wildman–Crippen LogP) is 1.93. The van der Waals surface area contributed by atoms with Crippen LogP contribution in [0.25, 0.3) is 0 Å². The first-order chi connectivity index (χ1) is 9.63. The van der Waals surface area contributed by atoms with Crippen LogP contribution in [-0.2, 0) is 13.0 Å². The van der Waals surface area contributed by atoms with Gasteiger partial charge in [-0.25, -0.2) is 13.5 Å². The molecule has 0 radical (unpaired) electrons. The van der Waals surface area contributed by atoms with E-state index in [2.05, 4.69) is 10.4 Å². The number of aromatic nitrogens is 2. The molecular weight excluding hydrogens is 264 g/mol. The van der Waals surface area contributed by atoms with Gasteiger partial charge in [0.05, 0.1) is 17.9 Å². The molecule has 1 aliphatic heterocycles. The highest BCUT2D eigenvalue weighted by atomic mass is 19.2. The zero-order valence-corrected chi connectivity index (χ0v) is 10.7. The molecule has 0 saturated carbocycles. The van der Waals surface area contributed by atoms with Crippen molar-refractivity contribution in [2.75, 3.05) is 11.9 Å². The molecule has 0 atom stereocenters. The highest BCUT2D eigenvalue weighted by Crippen LogP contribution is 2.17. The Morgan fingerprint density at radius 2 is 2.10 bits per heavy atom. The Balaban J connectivity index is 1.94. The van der Waals surface area contributed by atoms with Crippen LogP contribution in [0.4, 0.5) is 14.5 Å². The molecule has 1 aromatic heterocycles. The van der Waals surface area contributed by atoms with Gasteiger partial charge in [0.15, 0.2) is 11.6 Å². The Bertz CT molecular complexity index is 712. The summed E-state index contributed by atoms with van der Waals surface area (Å²) in [6, 6.07) is 5.09. The van der Waals surface area contributed by atoms with Crippen LogP contribution in [-0.4, -0.2) is 16.3 Å². The molecule has 0 fully saturated rings. The van der Waals surface area contributed by atoms with Gasteiger partial charge in [-0.05, 0) is 30.5 Å². The van der Waals surface area contributed by atoms with E-state index in [-0.39, 0.29) is 12.1 Å². The van der Waals surface area contributed by atoms with Crippen molar-refractivity contribution in [1.82, 2.24) is 9.78 Å². The second kappa shape index (κ2) is 5.03. The topological polar surface area (TPSA) is 46.9 Å². The third-order valence-electron chi connectivity index (χ3n) is 3.30. The summed E-state index contributed by atoms with van der Waals surface area (Å²) in [5, 5.41) is 7.41. The van der Waals surface area contributed by atoms with E-state index in [0.717, 1.165) is 42.9 Å². The number of nitrogens with one attached hydrogen (secondary N) is 1. The number of rotatable bonds is 2. The number of anilines is 1. The van der Waals surface area contributed by atoms with E-state index >= 15 is 0 Å². The third kappa shape index (κ3) is 2.41. The van der Waals surface area contributed by atoms with Crippen molar-refractivity contribution in [3.8, 4) is 0 Å². The number of hydrogen-bond acceptors (Lipinski definition) is 3. The molecule has 20 heavy (non-hydrogen) atoms. The van der Waals surface area contributed by atoms with Crippen LogP contribution < -0.4 is 10.9 Å². The van der Waals surface area contributed by atoms with Crippen LogP contribution in [0, 0.1) is 11.6 Å². The molecule has 0 aliphatic carbocycles. The molecular formula is C14H13F2N3O. The average Bonchev–Trinajstić information content (AvgIpc) is 2.44. The minimum atomic E-state index is -0.921. The Morgan fingerprint density at radius 1 is 1.25 bits per heavy atom. The van der Waals surface area contributed by atoms with Crippen molar-refractivity contribution >= 4 is 5.69 Å². The van der Waals surface area contributed by atoms with E-state index in [1.807, 2.05) is 0 Å². The van der Waals surface area contributed by atoms with Crippen LogP contribution >= 0.6 is 0 Å². The van der Waals surface area contributed by atoms with Crippen LogP contribution in [0.1, 0.15) is 17.7 Å². The van der Waals surface area contributed by atoms with Crippen molar-refractivity contribution in [3.63, 3.8) is 0 Å². The summed E-state index contributed by atoms with van der Waals surface area (Å²) in [6.07, 6.45) is 1.77. The first kappa shape index (κ1) is 12.8. The lowest BCUT2D eigenvalue weighted by molar-refractivity contribution is 0.505. The van der Waals surface area contributed by atoms with Crippen molar-refractivity contribution in [3.05, 3.63) is 57.5 Å². The summed E-state index contributed by atoms with van der Waals surface area (Å²) >= 11 is 0. The number of benzene rings is 1. The predicted molar refractivity (Wildman–Crippen MR) is 70.8 cm³/mol. The summed E-state index contributed by atoms with van der Waals surface area (Å²) in [7, 11) is 0. The van der Waals surface area contributed by atoms with Gasteiger partial charge in [0, 0.05) is 12.6 Å². The maximum absolute atomic E-state index is 13.2. The number of halogens is 2. The Morgan fingerprint density at radius 3 is 2.90 bits per heavy atom. The SMILES string of the molecule is O=c1cc2c(nn1Cc1ccc(F)c(F)c1)CCCN2. The normalized spacial score (nSPS) is 13.7. The molecule has 104 valence electrons. The minimum absolute atomic E-state index is 0.128. The van der Waals surface area contributed by atoms with E-state index in [0.29, 0.717) is 5.56 Å². The lowest BCUT2D eigenvalue weighted by Gasteiger charge is -2.17. The molecule has 6 heteroatoms. The number of fused-ring (bicyclic) bond motifs is 1. The van der Waals surface area contributed by atoms with Crippen LogP contribution in [0.15, 0.2) is 29.1 Å². The minimum Gasteiger partial charge on any atom is -0.383 e. The fraction of sp³-hybridized carbons (Fsp3) is 0.286. The van der Waals surface area contributed by atoms with E-state index in [9.17, 15) is 13.6 Å². The van der Waals surface area contributed by atoms with Crippen molar-refractivity contribution < 1.29 is 8.78 Å². The second-order valence-corrected chi connectivity index (χ2v) is 4.78. The van der Waals surface area contributed by atoms with Crippen molar-refractivity contribution in [2.24, 2.45) is 0 Å². The largest absolute Gasteiger partial charge is 0.383 e. The van der Waals surface area contributed by atoms with Gasteiger partial charge in [0.1, 0.15) is 0 Å². The Hall–Kier alpha value is -2.24. The summed E-state index contributed by atoms with van der Waals surface area (Å²) in [5.74, 6) is -1.82. The van der Waals surface area contributed by atoms with Gasteiger partial charge in [0.2, 0.25) is 0 Å². The number of nitrogens with zero attached hydrogens (tertiary/aromatic N) is 2. The molecule has 0 saturated heterocycles. The summed E-state index contributed by atoms with van der Waals surface area (Å²) in [6.45, 7) is 0.963. The van der Waals surface area contributed by atoms with E-state index in [1.54, 1.807) is 0 Å². The fourth-order valence-electron chi connectivity index (χ4n) is 2.27. The van der Waals surface area contributed by atoms with E-state index < -0.39 is 11.6 Å². The van der Waals surface area contributed by atoms with Gasteiger partial charge < -0.3 is 5.32 Å². The maximum Gasteiger partial charge on any atom is 0.269 e. The third-order valence-corrected chi connectivity index (χ3v) is 3.30. The van der Waals surface area contributed by atoms with Gasteiger partial charge in [-0.3, -0.25) is 4.79 Å². The Labute approximate surface area is 114 Å². The van der Waals surface area contributed by atoms with Crippen LogP contribution in [0.5, 0.6) is 0 Å². The summed E-state index contributed by atoms with van der Waals surface area (Å²) in [4.78, 5) is 11.9. The monoisotopic (exact) mass is 277 g/mol. The van der Waals surface area contributed by atoms with Gasteiger partial charge in [-0.15, -0.1) is 0 Å². The Kier molecular flexibility index (Phi) is 3.22. The fourth-order valence-corrected chi connectivity index (χ4v) is 2.27. The standard InChI is InChI=1S/C14H13F2N3O/c15-10-4-3-9(6-11(10)16)8-19-14(20)7-13-12(18-19)2-1-5-17-13/h3-4,6-7,17H,1-2,5,8H2. The van der Waals surface area contributed by atoms with Gasteiger partial charge in [-0.2, -0.15) is 5.10 Å².